The van der Waals surface area contributed by atoms with Crippen LogP contribution in [0.5, 0.6) is 0 Å². The Morgan fingerprint density at radius 1 is 0.500 bits per heavy atom. The Bertz CT molecular complexity index is 2080. The van der Waals surface area contributed by atoms with Gasteiger partial charge in [0.1, 0.15) is 79.0 Å². The lowest BCUT2D eigenvalue weighted by Crippen LogP contribution is -2.70. The van der Waals surface area contributed by atoms with Crippen molar-refractivity contribution in [2.75, 3.05) is 19.8 Å². The molecule has 0 aromatic carbocycles. The van der Waals surface area contributed by atoms with Gasteiger partial charge in [-0.2, -0.15) is 0 Å². The molecule has 0 aromatic heterocycles. The summed E-state index contributed by atoms with van der Waals surface area (Å²) in [4.78, 5) is 117. The monoisotopic (exact) mass is 1260 g/mol. The highest BCUT2D eigenvalue weighted by Gasteiger charge is 2.53. The number of primary amides is 2. The molecule has 0 spiro atoms. The summed E-state index contributed by atoms with van der Waals surface area (Å²) in [6, 6.07) is -8.11. The molecule has 27 nitrogen and oxygen atoms in total. The van der Waals surface area contributed by atoms with Crippen molar-refractivity contribution >= 4 is 53.2 Å². The maximum Gasteiger partial charge on any atom is 0.328 e. The summed E-state index contributed by atoms with van der Waals surface area (Å²) in [6.07, 6.45) is 9.56. The van der Waals surface area contributed by atoms with Crippen molar-refractivity contribution in [3.05, 3.63) is 0 Å². The van der Waals surface area contributed by atoms with Gasteiger partial charge in [0.15, 0.2) is 12.6 Å². The van der Waals surface area contributed by atoms with E-state index in [1.165, 1.54) is 84.5 Å². The number of rotatable bonds is 48. The second-order valence-corrected chi connectivity index (χ2v) is 23.5. The average Bonchev–Trinajstić information content (AvgIpc) is 1.42. The number of carbonyl (C=O) groups excluding carboxylic acids is 9. The van der Waals surface area contributed by atoms with Crippen molar-refractivity contribution in [2.45, 2.75) is 313 Å². The Hall–Kier alpha value is -5.13. The third-order valence-corrected chi connectivity index (χ3v) is 15.8. The summed E-state index contributed by atoms with van der Waals surface area (Å²) in [5.41, 5.74) is 11.3. The number of esters is 1. The first kappa shape index (κ1) is 79.0. The van der Waals surface area contributed by atoms with E-state index in [0.29, 0.717) is 12.8 Å². The number of nitrogens with one attached hydrogen (secondary N) is 6. The summed E-state index contributed by atoms with van der Waals surface area (Å²) < 4.78 is 29.0. The molecule has 0 saturated carbocycles. The van der Waals surface area contributed by atoms with Crippen LogP contribution in [0.15, 0.2) is 0 Å². The molecule has 2 fully saturated rings. The first-order valence-electron chi connectivity index (χ1n) is 32.4. The van der Waals surface area contributed by atoms with E-state index in [4.69, 9.17) is 35.2 Å². The molecule has 2 aliphatic heterocycles. The van der Waals surface area contributed by atoms with E-state index >= 15 is 0 Å². The van der Waals surface area contributed by atoms with Crippen LogP contribution in [0.2, 0.25) is 0 Å². The van der Waals surface area contributed by atoms with Crippen molar-refractivity contribution in [1.82, 2.24) is 31.9 Å². The standard InChI is InChI=1S/C61H110N8O19/c1-7-9-11-13-15-16-17-18-19-20-21-22-23-25-27-32-47(74)67-42(55(62)78)30-29-31-44(59(82)84-35-28-26-24-14-12-10-8-2)68-48(75)34-33-43(56(63)79)69-57(80)38(3)64-58(81)39(4)85-54-50(66-41(6)73)60(83)86-46(37-71)53(54)88-61-49(65-40(5)72)52(77)51(76)45(36-70)87-61/h38-39,42-46,49-54,60-61,70-71,76-77,83H,7-37H2,1-6H3,(H2,62,78)(H2,63,79)(H,64,81)(H,65,72)(H,66,73)(H,67,74)(H,68,75)(H,69,80)/t38-,39?,42-,43+,44-,45+,46+,49+,50+,51+,52+,53+,54+,60?,61-/m0/s1. The molecule has 2 aliphatic rings. The lowest BCUT2D eigenvalue weighted by molar-refractivity contribution is -0.333. The topological polar surface area (TPSA) is 425 Å². The van der Waals surface area contributed by atoms with E-state index in [1.807, 2.05) is 0 Å². The van der Waals surface area contributed by atoms with E-state index in [2.05, 4.69) is 45.7 Å². The highest BCUT2D eigenvalue weighted by atomic mass is 16.7. The summed E-state index contributed by atoms with van der Waals surface area (Å²) >= 11 is 0. The SMILES string of the molecule is CCCCCCCCCCCCCCCCCC(=O)N[C@@H](CCC[C@H](NC(=O)CC[C@@H](NC(=O)[C@H](C)NC(=O)C(C)O[C@H]1[C@H](O[C@@H]2O[C@H](CO)[C@@H](O)[C@H](O)[C@H]2NC(C)=O)[C@@H](CO)OC(O)[C@@H]1NC(C)=O)C(N)=O)C(=O)OCCCCCCCCC)C(N)=O. The summed E-state index contributed by atoms with van der Waals surface area (Å²) in [5, 5.41) is 67.7. The van der Waals surface area contributed by atoms with Gasteiger partial charge in [-0.3, -0.25) is 38.4 Å². The number of nitrogens with two attached hydrogens (primary N) is 2. The van der Waals surface area contributed by atoms with Crippen LogP contribution in [0, 0.1) is 0 Å². The molecule has 0 aromatic rings. The van der Waals surface area contributed by atoms with Crippen LogP contribution in [0.3, 0.4) is 0 Å². The fourth-order valence-corrected chi connectivity index (χ4v) is 10.7. The zero-order valence-electron chi connectivity index (χ0n) is 53.2. The minimum absolute atomic E-state index is 0.00250. The number of hydrogen-bond donors (Lipinski definition) is 13. The van der Waals surface area contributed by atoms with Crippen LogP contribution in [-0.2, 0) is 66.8 Å². The predicted molar refractivity (Wildman–Crippen MR) is 324 cm³/mol. The number of hydrogen-bond acceptors (Lipinski definition) is 19. The number of ether oxygens (including phenoxy) is 5. The van der Waals surface area contributed by atoms with E-state index < -0.39 is 159 Å². The molecule has 508 valence electrons. The van der Waals surface area contributed by atoms with Gasteiger partial charge in [-0.15, -0.1) is 0 Å². The number of aliphatic hydroxyl groups is 5. The third-order valence-electron chi connectivity index (χ3n) is 15.8. The van der Waals surface area contributed by atoms with Gasteiger partial charge in [0.2, 0.25) is 47.3 Å². The van der Waals surface area contributed by atoms with Crippen molar-refractivity contribution in [3.63, 3.8) is 0 Å². The average molecular weight is 1260 g/mol. The van der Waals surface area contributed by atoms with Gasteiger partial charge in [0, 0.05) is 26.7 Å². The van der Waals surface area contributed by atoms with Crippen molar-refractivity contribution in [1.29, 1.82) is 0 Å². The van der Waals surface area contributed by atoms with Gasteiger partial charge in [0.25, 0.3) is 0 Å². The molecule has 0 radical (unpaired) electrons. The lowest BCUT2D eigenvalue weighted by Gasteiger charge is -2.48. The van der Waals surface area contributed by atoms with Crippen LogP contribution in [0.25, 0.3) is 0 Å². The Morgan fingerprint density at radius 2 is 0.966 bits per heavy atom. The van der Waals surface area contributed by atoms with Gasteiger partial charge in [-0.25, -0.2) is 4.79 Å². The minimum Gasteiger partial charge on any atom is -0.464 e. The summed E-state index contributed by atoms with van der Waals surface area (Å²) in [7, 11) is 0. The number of unbranched alkanes of at least 4 members (excludes halogenated alkanes) is 20. The molecule has 2 saturated heterocycles. The Labute approximate surface area is 520 Å². The fourth-order valence-electron chi connectivity index (χ4n) is 10.7. The molecule has 2 unspecified atom stereocenters. The zero-order valence-corrected chi connectivity index (χ0v) is 53.2. The number of amides is 8. The molecular weight excluding hydrogens is 1150 g/mol. The van der Waals surface area contributed by atoms with Crippen LogP contribution in [-0.4, -0.2) is 190 Å². The van der Waals surface area contributed by atoms with Crippen LogP contribution < -0.4 is 43.4 Å². The molecule has 88 heavy (non-hydrogen) atoms. The van der Waals surface area contributed by atoms with Gasteiger partial charge < -0.3 is 92.6 Å². The molecule has 0 aliphatic carbocycles. The van der Waals surface area contributed by atoms with Gasteiger partial charge in [-0.05, 0) is 52.4 Å². The Kier molecular flexibility index (Phi) is 40.5. The lowest BCUT2D eigenvalue weighted by atomic mass is 9.94. The highest BCUT2D eigenvalue weighted by molar-refractivity contribution is 5.92. The van der Waals surface area contributed by atoms with Crippen molar-refractivity contribution in [3.8, 4) is 0 Å². The van der Waals surface area contributed by atoms with E-state index in [9.17, 15) is 68.7 Å². The maximum absolute atomic E-state index is 13.7. The fraction of sp³-hybridized carbons (Fsp3) is 0.852. The molecule has 2 heterocycles. The molecule has 15 N–H and O–H groups in total. The molecule has 27 heteroatoms. The van der Waals surface area contributed by atoms with Crippen LogP contribution >= 0.6 is 0 Å². The minimum atomic E-state index is -1.88. The third kappa shape index (κ3) is 31.1. The Balaban J connectivity index is 2.07. The molecule has 8 amide bonds. The zero-order chi connectivity index (χ0) is 65.6. The molecule has 2 rings (SSSR count). The van der Waals surface area contributed by atoms with Crippen molar-refractivity contribution in [2.24, 2.45) is 11.5 Å². The maximum atomic E-state index is 13.7. The van der Waals surface area contributed by atoms with Crippen LogP contribution in [0.1, 0.15) is 221 Å². The first-order valence-corrected chi connectivity index (χ1v) is 32.4. The largest absolute Gasteiger partial charge is 0.464 e. The predicted octanol–water partition coefficient (Wildman–Crippen LogP) is 1.74. The van der Waals surface area contributed by atoms with E-state index in [1.54, 1.807) is 0 Å². The normalized spacial score (nSPS) is 23.5. The van der Waals surface area contributed by atoms with Crippen molar-refractivity contribution < 1.29 is 92.4 Å². The van der Waals surface area contributed by atoms with E-state index in [-0.39, 0.29) is 44.6 Å². The molecular formula is C61H110N8O19. The Morgan fingerprint density at radius 3 is 1.48 bits per heavy atom. The molecule has 15 atom stereocenters. The van der Waals surface area contributed by atoms with Gasteiger partial charge >= 0.3 is 5.97 Å². The number of aliphatic hydroxyl groups excluding tert-OH is 5. The second kappa shape index (κ2) is 45.2. The highest BCUT2D eigenvalue weighted by Crippen LogP contribution is 2.31. The summed E-state index contributed by atoms with van der Waals surface area (Å²) in [5.74, 6) is -6.83. The van der Waals surface area contributed by atoms with Gasteiger partial charge in [-0.1, -0.05) is 142 Å². The van der Waals surface area contributed by atoms with Gasteiger partial charge in [0.05, 0.1) is 19.8 Å². The van der Waals surface area contributed by atoms with E-state index in [0.717, 1.165) is 71.6 Å². The smallest absolute Gasteiger partial charge is 0.328 e. The molecule has 0 bridgehead atoms. The van der Waals surface area contributed by atoms with Crippen LogP contribution in [0.4, 0.5) is 0 Å². The summed E-state index contributed by atoms with van der Waals surface area (Å²) in [6.45, 7) is 7.48. The first-order chi connectivity index (χ1) is 42.0. The number of carbonyl (C=O) groups is 9. The quantitative estimate of drug-likeness (QED) is 0.0305. The second-order valence-electron chi connectivity index (χ2n) is 23.5.